The molecule has 4 rings (SSSR count). The summed E-state index contributed by atoms with van der Waals surface area (Å²) in [6.45, 7) is 3.87. The van der Waals surface area contributed by atoms with Gasteiger partial charge in [-0.1, -0.05) is 19.9 Å². The number of halogens is 2. The van der Waals surface area contributed by atoms with Gasteiger partial charge in [0, 0.05) is 42.0 Å². The first kappa shape index (κ1) is 27.9. The lowest BCUT2D eigenvalue weighted by Crippen LogP contribution is -2.27. The number of amides is 1. The molecule has 0 unspecified atom stereocenters. The molecule has 1 amide bonds. The number of H-pyrrole nitrogens is 1. The van der Waals surface area contributed by atoms with Crippen molar-refractivity contribution in [1.29, 1.82) is 5.41 Å². The molecular formula is C30H27F2N5O3. The fraction of sp³-hybridized carbons (Fsp3) is 0.133. The fourth-order valence-electron chi connectivity index (χ4n) is 3.96. The molecule has 0 fully saturated rings. The summed E-state index contributed by atoms with van der Waals surface area (Å²) in [4.78, 5) is 25.8. The molecule has 0 radical (unpaired) electrons. The molecule has 1 atom stereocenters. The van der Waals surface area contributed by atoms with Crippen LogP contribution in [0.5, 0.6) is 5.75 Å². The van der Waals surface area contributed by atoms with E-state index in [1.165, 1.54) is 65.5 Å². The number of hydrogen-bond donors (Lipinski definition) is 3. The van der Waals surface area contributed by atoms with E-state index < -0.39 is 23.1 Å². The Bertz CT molecular complexity index is 1620. The van der Waals surface area contributed by atoms with E-state index >= 15 is 4.39 Å². The highest BCUT2D eigenvalue weighted by atomic mass is 19.1. The molecule has 3 N–H and O–H groups in total. The lowest BCUT2D eigenvalue weighted by Gasteiger charge is -2.14. The van der Waals surface area contributed by atoms with Crippen molar-refractivity contribution in [2.24, 2.45) is 5.92 Å². The number of nitrogens with zero attached hydrogens (tertiary/aromatic N) is 2. The number of aromatic amines is 1. The average Bonchev–Trinajstić information content (AvgIpc) is 3.48. The van der Waals surface area contributed by atoms with Crippen LogP contribution >= 0.6 is 0 Å². The standard InChI is InChI=1S/C30H27F2N5O3/c1-3-5-20(18-33)19(2)16-28(26-13-14-34-36-26)40-27-12-9-22(17-25(27)32)35-29(38)24-6-4-15-37(30(24)39)23-10-7-21(31)8-11-23/h4-19,33H,3H2,1-2H3,(H,34,36)(H,35,38)/b20-5+,28-16+,33-18?/t19-/m0/s1. The number of carbonyl (C=O) groups is 1. The number of ether oxygens (including phenoxy) is 1. The van der Waals surface area contributed by atoms with Crippen molar-refractivity contribution in [2.45, 2.75) is 20.3 Å². The van der Waals surface area contributed by atoms with Crippen LogP contribution in [0.25, 0.3) is 11.4 Å². The second-order valence-electron chi connectivity index (χ2n) is 8.82. The molecule has 0 aliphatic heterocycles. The molecule has 0 aliphatic carbocycles. The molecule has 0 saturated heterocycles. The van der Waals surface area contributed by atoms with Gasteiger partial charge < -0.3 is 15.5 Å². The Kier molecular flexibility index (Phi) is 8.80. The van der Waals surface area contributed by atoms with Crippen molar-refractivity contribution >= 4 is 23.6 Å². The van der Waals surface area contributed by atoms with Gasteiger partial charge in [-0.15, -0.1) is 0 Å². The van der Waals surface area contributed by atoms with Crippen LogP contribution in [-0.2, 0) is 0 Å². The SMILES string of the molecule is CC/C=C(\C=N)[C@@H](C)/C=C(/Oc1ccc(NC(=O)c2cccn(-c3ccc(F)cc3)c2=O)cc1F)c1ccn[nH]1. The van der Waals surface area contributed by atoms with Crippen LogP contribution < -0.4 is 15.6 Å². The molecule has 0 saturated carbocycles. The van der Waals surface area contributed by atoms with Gasteiger partial charge in [0.25, 0.3) is 11.5 Å². The Morgan fingerprint density at radius 2 is 1.95 bits per heavy atom. The highest BCUT2D eigenvalue weighted by Gasteiger charge is 2.17. The summed E-state index contributed by atoms with van der Waals surface area (Å²) >= 11 is 0. The van der Waals surface area contributed by atoms with Gasteiger partial charge in [0.1, 0.15) is 22.8 Å². The Hall–Kier alpha value is -5.12. The highest BCUT2D eigenvalue weighted by Crippen LogP contribution is 2.28. The number of aromatic nitrogens is 3. The predicted molar refractivity (Wildman–Crippen MR) is 150 cm³/mol. The molecular weight excluding hydrogens is 516 g/mol. The van der Waals surface area contributed by atoms with Gasteiger partial charge in [-0.2, -0.15) is 5.10 Å². The fourth-order valence-corrected chi connectivity index (χ4v) is 3.96. The van der Waals surface area contributed by atoms with E-state index in [0.29, 0.717) is 17.1 Å². The Morgan fingerprint density at radius 1 is 1.18 bits per heavy atom. The molecule has 2 aromatic carbocycles. The lowest BCUT2D eigenvalue weighted by atomic mass is 9.99. The van der Waals surface area contributed by atoms with Crippen LogP contribution in [0.15, 0.2) is 95.6 Å². The molecule has 40 heavy (non-hydrogen) atoms. The Labute approximate surface area is 229 Å². The Morgan fingerprint density at radius 3 is 2.60 bits per heavy atom. The smallest absolute Gasteiger partial charge is 0.267 e. The minimum absolute atomic E-state index is 0.0969. The topological polar surface area (TPSA) is 113 Å². The highest BCUT2D eigenvalue weighted by molar-refractivity contribution is 6.04. The van der Waals surface area contributed by atoms with Crippen molar-refractivity contribution in [2.75, 3.05) is 5.32 Å². The lowest BCUT2D eigenvalue weighted by molar-refractivity contribution is 0.102. The molecule has 0 spiro atoms. The van der Waals surface area contributed by atoms with Crippen LogP contribution in [0.2, 0.25) is 0 Å². The second kappa shape index (κ2) is 12.6. The largest absolute Gasteiger partial charge is 0.452 e. The summed E-state index contributed by atoms with van der Waals surface area (Å²) in [5, 5.41) is 16.9. The average molecular weight is 544 g/mol. The third-order valence-electron chi connectivity index (χ3n) is 6.01. The quantitative estimate of drug-likeness (QED) is 0.165. The van der Waals surface area contributed by atoms with Crippen molar-refractivity contribution in [3.05, 3.63) is 124 Å². The van der Waals surface area contributed by atoms with Crippen LogP contribution in [-0.4, -0.2) is 26.9 Å². The van der Waals surface area contributed by atoms with E-state index in [1.54, 1.807) is 18.3 Å². The van der Waals surface area contributed by atoms with Gasteiger partial charge in [-0.05, 0) is 72.7 Å². The number of carbonyl (C=O) groups excluding carboxylic acids is 1. The van der Waals surface area contributed by atoms with Crippen LogP contribution in [0, 0.1) is 23.0 Å². The number of benzene rings is 2. The van der Waals surface area contributed by atoms with Crippen LogP contribution in [0.4, 0.5) is 14.5 Å². The van der Waals surface area contributed by atoms with E-state index in [9.17, 15) is 14.0 Å². The number of nitrogens with one attached hydrogen (secondary N) is 3. The van der Waals surface area contributed by atoms with E-state index in [-0.39, 0.29) is 22.9 Å². The second-order valence-corrected chi connectivity index (χ2v) is 8.82. The third-order valence-corrected chi connectivity index (χ3v) is 6.01. The number of anilines is 1. The van der Waals surface area contributed by atoms with Gasteiger partial charge in [-0.25, -0.2) is 8.78 Å². The van der Waals surface area contributed by atoms with Crippen LogP contribution in [0.3, 0.4) is 0 Å². The van der Waals surface area contributed by atoms with Gasteiger partial charge in [0.05, 0.1) is 0 Å². The summed E-state index contributed by atoms with van der Waals surface area (Å²) in [6.07, 6.45) is 8.73. The Balaban J connectivity index is 1.56. The molecule has 8 nitrogen and oxygen atoms in total. The maximum Gasteiger partial charge on any atom is 0.267 e. The molecule has 2 aromatic heterocycles. The summed E-state index contributed by atoms with van der Waals surface area (Å²) in [6, 6.07) is 13.7. The van der Waals surface area contributed by atoms with Crippen LogP contribution in [0.1, 0.15) is 36.3 Å². The van der Waals surface area contributed by atoms with E-state index in [0.717, 1.165) is 18.1 Å². The van der Waals surface area contributed by atoms with Gasteiger partial charge in [-0.3, -0.25) is 19.3 Å². The van der Waals surface area contributed by atoms with Crippen molar-refractivity contribution in [3.63, 3.8) is 0 Å². The summed E-state index contributed by atoms with van der Waals surface area (Å²) in [7, 11) is 0. The first-order valence-electron chi connectivity index (χ1n) is 12.5. The summed E-state index contributed by atoms with van der Waals surface area (Å²) < 4.78 is 35.5. The van der Waals surface area contributed by atoms with Gasteiger partial charge in [0.2, 0.25) is 0 Å². The molecule has 0 aliphatic rings. The zero-order chi connectivity index (χ0) is 28.6. The normalized spacial score (nSPS) is 12.6. The maximum atomic E-state index is 15.1. The number of hydrogen-bond acceptors (Lipinski definition) is 5. The molecule has 4 aromatic rings. The monoisotopic (exact) mass is 543 g/mol. The van der Waals surface area contributed by atoms with Gasteiger partial charge >= 0.3 is 0 Å². The predicted octanol–water partition coefficient (Wildman–Crippen LogP) is 6.13. The zero-order valence-corrected chi connectivity index (χ0v) is 21.8. The molecule has 0 bridgehead atoms. The minimum Gasteiger partial charge on any atom is -0.452 e. The van der Waals surface area contributed by atoms with E-state index in [4.69, 9.17) is 10.1 Å². The zero-order valence-electron chi connectivity index (χ0n) is 21.8. The molecule has 2 heterocycles. The number of allylic oxidation sites excluding steroid dienone is 3. The third kappa shape index (κ3) is 6.47. The maximum absolute atomic E-state index is 15.1. The molecule has 10 heteroatoms. The summed E-state index contributed by atoms with van der Waals surface area (Å²) in [5.41, 5.74) is 1.02. The van der Waals surface area contributed by atoms with Crippen molar-refractivity contribution < 1.29 is 18.3 Å². The minimum atomic E-state index is -0.746. The van der Waals surface area contributed by atoms with E-state index in [2.05, 4.69) is 15.5 Å². The number of pyridine rings is 1. The van der Waals surface area contributed by atoms with Crippen molar-refractivity contribution in [1.82, 2.24) is 14.8 Å². The molecule has 204 valence electrons. The van der Waals surface area contributed by atoms with Gasteiger partial charge in [0.15, 0.2) is 11.6 Å². The van der Waals surface area contributed by atoms with Crippen molar-refractivity contribution in [3.8, 4) is 11.4 Å². The summed E-state index contributed by atoms with van der Waals surface area (Å²) in [5.74, 6) is -1.91. The first-order chi connectivity index (χ1) is 19.3. The number of rotatable bonds is 10. The first-order valence-corrected chi connectivity index (χ1v) is 12.5. The van der Waals surface area contributed by atoms with E-state index in [1.807, 2.05) is 19.9 Å².